The average Bonchev–Trinajstić information content (AvgIpc) is 3.22. The van der Waals surface area contributed by atoms with Crippen molar-refractivity contribution in [1.29, 1.82) is 0 Å². The molecule has 1 atom stereocenters. The van der Waals surface area contributed by atoms with Gasteiger partial charge in [0.15, 0.2) is 5.60 Å². The molecule has 5 nitrogen and oxygen atoms in total. The van der Waals surface area contributed by atoms with E-state index in [9.17, 15) is 9.59 Å². The fraction of sp³-hybridized carbons (Fsp3) is 0.273. The third kappa shape index (κ3) is 2.53. The molecule has 1 unspecified atom stereocenters. The lowest BCUT2D eigenvalue weighted by Crippen LogP contribution is -2.49. The van der Waals surface area contributed by atoms with E-state index in [1.807, 2.05) is 64.2 Å². The monoisotopic (exact) mass is 360 g/mol. The van der Waals surface area contributed by atoms with Crippen molar-refractivity contribution in [2.45, 2.75) is 25.0 Å². The second kappa shape index (κ2) is 5.98. The topological polar surface area (TPSA) is 51.5 Å². The van der Waals surface area contributed by atoms with Gasteiger partial charge in [0.05, 0.1) is 12.1 Å². The quantitative estimate of drug-likeness (QED) is 0.659. The molecule has 5 heteroatoms. The Morgan fingerprint density at radius 2 is 1.89 bits per heavy atom. The highest BCUT2D eigenvalue weighted by Crippen LogP contribution is 2.42. The molecule has 27 heavy (non-hydrogen) atoms. The molecule has 3 aromatic rings. The largest absolute Gasteiger partial charge is 0.449 e. The lowest BCUT2D eigenvalue weighted by molar-refractivity contribution is -0.139. The van der Waals surface area contributed by atoms with Crippen molar-refractivity contribution in [3.8, 4) is 0 Å². The van der Waals surface area contributed by atoms with Gasteiger partial charge in [-0.15, -0.1) is 0 Å². The molecule has 0 bridgehead atoms. The lowest BCUT2D eigenvalue weighted by atomic mass is 9.85. The summed E-state index contributed by atoms with van der Waals surface area (Å²) in [6, 6.07) is 17.6. The van der Waals surface area contributed by atoms with Crippen molar-refractivity contribution in [3.63, 3.8) is 0 Å². The number of carbonyl (C=O) groups excluding carboxylic acids is 2. The lowest BCUT2D eigenvalue weighted by Gasteiger charge is -2.39. The maximum atomic E-state index is 13.0. The highest BCUT2D eigenvalue weighted by molar-refractivity contribution is 5.95. The minimum atomic E-state index is -0.694. The van der Waals surface area contributed by atoms with Crippen LogP contribution in [0.25, 0.3) is 10.9 Å². The highest BCUT2D eigenvalue weighted by atomic mass is 16.6. The van der Waals surface area contributed by atoms with Gasteiger partial charge in [0.2, 0.25) is 5.91 Å². The van der Waals surface area contributed by atoms with E-state index >= 15 is 0 Å². The molecule has 0 radical (unpaired) electrons. The number of benzene rings is 2. The average molecular weight is 360 g/mol. The molecule has 0 saturated carbocycles. The number of para-hydroxylation sites is 1. The summed E-state index contributed by atoms with van der Waals surface area (Å²) < 4.78 is 7.79. The van der Waals surface area contributed by atoms with Crippen LogP contribution in [0.2, 0.25) is 0 Å². The first kappa shape index (κ1) is 16.1. The molecule has 2 aliphatic heterocycles. The molecule has 2 aromatic carbocycles. The number of piperidine rings is 1. The first-order valence-corrected chi connectivity index (χ1v) is 9.31. The van der Waals surface area contributed by atoms with Gasteiger partial charge in [-0.3, -0.25) is 4.79 Å². The summed E-state index contributed by atoms with van der Waals surface area (Å²) in [6.07, 6.45) is 3.53. The van der Waals surface area contributed by atoms with E-state index in [1.54, 1.807) is 6.07 Å². The van der Waals surface area contributed by atoms with E-state index < -0.39 is 5.60 Å². The second-order valence-electron chi connectivity index (χ2n) is 7.35. The Hall–Kier alpha value is -3.08. The summed E-state index contributed by atoms with van der Waals surface area (Å²) in [7, 11) is 0. The van der Waals surface area contributed by atoms with E-state index in [1.165, 1.54) is 0 Å². The molecular formula is C22H20N2O3. The number of fused-ring (bicyclic) bond motifs is 3. The molecule has 1 aromatic heterocycles. The highest BCUT2D eigenvalue weighted by Gasteiger charge is 2.48. The summed E-state index contributed by atoms with van der Waals surface area (Å²) in [5.41, 5.74) is 1.90. The molecular weight excluding hydrogens is 340 g/mol. The van der Waals surface area contributed by atoms with Gasteiger partial charge in [-0.25, -0.2) is 4.79 Å². The van der Waals surface area contributed by atoms with E-state index in [-0.39, 0.29) is 11.9 Å². The molecule has 2 aliphatic rings. The minimum Gasteiger partial charge on any atom is -0.449 e. The summed E-state index contributed by atoms with van der Waals surface area (Å²) >= 11 is 0. The van der Waals surface area contributed by atoms with E-state index in [0.717, 1.165) is 29.3 Å². The van der Waals surface area contributed by atoms with Crippen molar-refractivity contribution >= 4 is 22.8 Å². The molecule has 1 spiro atoms. The maximum Gasteiger partial charge on any atom is 0.339 e. The molecule has 1 fully saturated rings. The normalized spacial score (nSPS) is 21.5. The Morgan fingerprint density at radius 3 is 2.81 bits per heavy atom. The molecule has 0 aliphatic carbocycles. The number of rotatable bonds is 2. The third-order valence-electron chi connectivity index (χ3n) is 5.72. The number of carbonyl (C=O) groups is 2. The SMILES string of the molecule is O=C1OC2(CCCN(C(=O)Cn3ccc4ccccc43)C2)c2ccccc21. The van der Waals surface area contributed by atoms with E-state index in [2.05, 4.69) is 0 Å². The van der Waals surface area contributed by atoms with Gasteiger partial charge in [-0.2, -0.15) is 0 Å². The Kier molecular flexibility index (Phi) is 3.57. The van der Waals surface area contributed by atoms with E-state index in [0.29, 0.717) is 25.2 Å². The number of amides is 1. The van der Waals surface area contributed by atoms with Gasteiger partial charge in [-0.1, -0.05) is 36.4 Å². The van der Waals surface area contributed by atoms with Gasteiger partial charge < -0.3 is 14.2 Å². The number of likely N-dealkylation sites (tertiary alicyclic amines) is 1. The van der Waals surface area contributed by atoms with Crippen molar-refractivity contribution in [2.24, 2.45) is 0 Å². The van der Waals surface area contributed by atoms with Crippen molar-refractivity contribution < 1.29 is 14.3 Å². The molecule has 3 heterocycles. The van der Waals surface area contributed by atoms with Gasteiger partial charge in [0, 0.05) is 23.8 Å². The Bertz CT molecular complexity index is 1050. The number of hydrogen-bond acceptors (Lipinski definition) is 3. The first-order valence-electron chi connectivity index (χ1n) is 9.31. The number of nitrogens with zero attached hydrogens (tertiary/aromatic N) is 2. The van der Waals surface area contributed by atoms with Crippen LogP contribution >= 0.6 is 0 Å². The maximum absolute atomic E-state index is 13.0. The Balaban J connectivity index is 1.40. The zero-order chi connectivity index (χ0) is 18.4. The van der Waals surface area contributed by atoms with Gasteiger partial charge in [-0.05, 0) is 36.4 Å². The van der Waals surface area contributed by atoms with Crippen LogP contribution in [0.3, 0.4) is 0 Å². The summed E-state index contributed by atoms with van der Waals surface area (Å²) in [6.45, 7) is 1.41. The minimum absolute atomic E-state index is 0.0517. The zero-order valence-electron chi connectivity index (χ0n) is 14.9. The van der Waals surface area contributed by atoms with Crippen molar-refractivity contribution in [3.05, 3.63) is 71.9 Å². The number of esters is 1. The van der Waals surface area contributed by atoms with Crippen LogP contribution in [0, 0.1) is 0 Å². The smallest absolute Gasteiger partial charge is 0.339 e. The molecule has 136 valence electrons. The predicted molar refractivity (Wildman–Crippen MR) is 101 cm³/mol. The summed E-state index contributed by atoms with van der Waals surface area (Å²) in [4.78, 5) is 27.1. The standard InChI is InChI=1S/C22H20N2O3/c25-20(14-23-13-10-16-6-1-4-9-19(16)23)24-12-5-11-22(15-24)18-8-3-2-7-17(18)21(26)27-22/h1-4,6-10,13H,5,11-12,14-15H2. The fourth-order valence-corrected chi connectivity index (χ4v) is 4.41. The first-order chi connectivity index (χ1) is 13.2. The van der Waals surface area contributed by atoms with Crippen LogP contribution in [-0.2, 0) is 21.7 Å². The molecule has 1 amide bonds. The van der Waals surface area contributed by atoms with Crippen LogP contribution in [-0.4, -0.2) is 34.4 Å². The Labute approximate surface area is 157 Å². The second-order valence-corrected chi connectivity index (χ2v) is 7.35. The summed E-state index contributed by atoms with van der Waals surface area (Å²) in [5.74, 6) is -0.229. The van der Waals surface area contributed by atoms with E-state index in [4.69, 9.17) is 4.74 Å². The third-order valence-corrected chi connectivity index (χ3v) is 5.72. The van der Waals surface area contributed by atoms with Crippen LogP contribution in [0.4, 0.5) is 0 Å². The fourth-order valence-electron chi connectivity index (χ4n) is 4.41. The predicted octanol–water partition coefficient (Wildman–Crippen LogP) is 3.33. The van der Waals surface area contributed by atoms with Gasteiger partial charge in [0.1, 0.15) is 6.54 Å². The molecule has 1 saturated heterocycles. The summed E-state index contributed by atoms with van der Waals surface area (Å²) in [5, 5.41) is 1.12. The van der Waals surface area contributed by atoms with Crippen molar-refractivity contribution in [1.82, 2.24) is 9.47 Å². The zero-order valence-corrected chi connectivity index (χ0v) is 14.9. The van der Waals surface area contributed by atoms with Crippen molar-refractivity contribution in [2.75, 3.05) is 13.1 Å². The van der Waals surface area contributed by atoms with Crippen LogP contribution < -0.4 is 0 Å². The number of ether oxygens (including phenoxy) is 1. The van der Waals surface area contributed by atoms with Crippen LogP contribution in [0.15, 0.2) is 60.8 Å². The molecule has 0 N–H and O–H groups in total. The number of hydrogen-bond donors (Lipinski definition) is 0. The van der Waals surface area contributed by atoms with Crippen LogP contribution in [0.1, 0.15) is 28.8 Å². The van der Waals surface area contributed by atoms with Gasteiger partial charge >= 0.3 is 5.97 Å². The Morgan fingerprint density at radius 1 is 1.07 bits per heavy atom. The number of aromatic nitrogens is 1. The van der Waals surface area contributed by atoms with Crippen LogP contribution in [0.5, 0.6) is 0 Å². The molecule has 5 rings (SSSR count). The van der Waals surface area contributed by atoms with Gasteiger partial charge in [0.25, 0.3) is 0 Å².